The van der Waals surface area contributed by atoms with E-state index >= 15 is 0 Å². The molecule has 0 saturated carbocycles. The molecule has 19 heavy (non-hydrogen) atoms. The summed E-state index contributed by atoms with van der Waals surface area (Å²) in [5, 5.41) is 10.3. The summed E-state index contributed by atoms with van der Waals surface area (Å²) in [5.74, 6) is 1.35. The third kappa shape index (κ3) is 3.03. The Kier molecular flexibility index (Phi) is 4.36. The van der Waals surface area contributed by atoms with Gasteiger partial charge in [0, 0.05) is 12.6 Å². The Labute approximate surface area is 112 Å². The van der Waals surface area contributed by atoms with Crippen LogP contribution in [0.3, 0.4) is 0 Å². The second kappa shape index (κ2) is 6.20. The molecule has 100 valence electrons. The Morgan fingerprint density at radius 1 is 1.05 bits per heavy atom. The van der Waals surface area contributed by atoms with E-state index in [1.807, 2.05) is 24.3 Å². The molecule has 0 saturated heterocycles. The van der Waals surface area contributed by atoms with Crippen molar-refractivity contribution in [1.29, 1.82) is 0 Å². The molecule has 4 heteroatoms. The number of aliphatic hydroxyl groups excluding tert-OH is 1. The second-order valence-corrected chi connectivity index (χ2v) is 4.12. The Balaban J connectivity index is 2.23. The fraction of sp³-hybridized carbons (Fsp3) is 0.267. The van der Waals surface area contributed by atoms with E-state index < -0.39 is 6.10 Å². The first-order chi connectivity index (χ1) is 9.26. The van der Waals surface area contributed by atoms with Gasteiger partial charge >= 0.3 is 0 Å². The van der Waals surface area contributed by atoms with Crippen LogP contribution in [0, 0.1) is 0 Å². The maximum absolute atomic E-state index is 10.3. The van der Waals surface area contributed by atoms with Gasteiger partial charge in [-0.25, -0.2) is 0 Å². The van der Waals surface area contributed by atoms with Crippen LogP contribution in [0.5, 0.6) is 11.5 Å². The molecule has 0 radical (unpaired) electrons. The molecule has 0 fully saturated rings. The maximum Gasteiger partial charge on any atom is 0.143 e. The summed E-state index contributed by atoms with van der Waals surface area (Å²) in [6.07, 6.45) is 1.34. The first-order valence-corrected chi connectivity index (χ1v) is 6.05. The monoisotopic (exact) mass is 259 g/mol. The summed E-state index contributed by atoms with van der Waals surface area (Å²) >= 11 is 0. The lowest BCUT2D eigenvalue weighted by Gasteiger charge is -2.15. The Morgan fingerprint density at radius 3 is 2.47 bits per heavy atom. The van der Waals surface area contributed by atoms with E-state index in [9.17, 15) is 5.11 Å². The van der Waals surface area contributed by atoms with Crippen LogP contribution in [0.15, 0.2) is 42.6 Å². The molecule has 4 nitrogen and oxygen atoms in total. The predicted molar refractivity (Wildman–Crippen MR) is 72.4 cm³/mol. The van der Waals surface area contributed by atoms with E-state index in [0.29, 0.717) is 17.9 Å². The van der Waals surface area contributed by atoms with Gasteiger partial charge in [-0.3, -0.25) is 4.98 Å². The van der Waals surface area contributed by atoms with Crippen LogP contribution in [0.4, 0.5) is 0 Å². The largest absolute Gasteiger partial charge is 0.496 e. The van der Waals surface area contributed by atoms with Crippen molar-refractivity contribution in [3.05, 3.63) is 53.9 Å². The average molecular weight is 259 g/mol. The van der Waals surface area contributed by atoms with Crippen LogP contribution < -0.4 is 9.47 Å². The summed E-state index contributed by atoms with van der Waals surface area (Å²) < 4.78 is 10.5. The molecule has 0 aliphatic rings. The highest BCUT2D eigenvalue weighted by Crippen LogP contribution is 2.28. The van der Waals surface area contributed by atoms with Crippen molar-refractivity contribution in [1.82, 2.24) is 4.98 Å². The van der Waals surface area contributed by atoms with E-state index in [4.69, 9.17) is 9.47 Å². The lowest BCUT2D eigenvalue weighted by Crippen LogP contribution is -2.07. The summed E-state index contributed by atoms with van der Waals surface area (Å²) in [6, 6.07) is 11.2. The Morgan fingerprint density at radius 2 is 1.74 bits per heavy atom. The van der Waals surface area contributed by atoms with E-state index in [2.05, 4.69) is 4.98 Å². The molecule has 1 atom stereocenters. The fourth-order valence-electron chi connectivity index (χ4n) is 2.00. The first kappa shape index (κ1) is 13.4. The highest BCUT2D eigenvalue weighted by atomic mass is 16.5. The number of para-hydroxylation sites is 1. The zero-order valence-corrected chi connectivity index (χ0v) is 11.0. The quantitative estimate of drug-likeness (QED) is 0.895. The molecule has 1 unspecified atom stereocenters. The third-order valence-electron chi connectivity index (χ3n) is 2.94. The van der Waals surface area contributed by atoms with Gasteiger partial charge in [0.1, 0.15) is 23.3 Å². The van der Waals surface area contributed by atoms with E-state index in [1.165, 1.54) is 0 Å². The Bertz CT molecular complexity index is 542. The molecule has 2 rings (SSSR count). The molecule has 1 N–H and O–H groups in total. The highest BCUT2D eigenvalue weighted by molar-refractivity contribution is 5.36. The van der Waals surface area contributed by atoms with Crippen molar-refractivity contribution in [2.24, 2.45) is 0 Å². The number of ether oxygens (including phenoxy) is 2. The number of hydrogen-bond donors (Lipinski definition) is 1. The van der Waals surface area contributed by atoms with Gasteiger partial charge in [-0.05, 0) is 23.8 Å². The minimum absolute atomic E-state index is 0.428. The van der Waals surface area contributed by atoms with Gasteiger partial charge in [0.15, 0.2) is 0 Å². The van der Waals surface area contributed by atoms with Gasteiger partial charge in [0.05, 0.1) is 14.2 Å². The smallest absolute Gasteiger partial charge is 0.143 e. The van der Waals surface area contributed by atoms with Gasteiger partial charge in [0.25, 0.3) is 0 Å². The third-order valence-corrected chi connectivity index (χ3v) is 2.94. The molecule has 0 spiro atoms. The van der Waals surface area contributed by atoms with E-state index in [0.717, 1.165) is 11.3 Å². The van der Waals surface area contributed by atoms with Crippen LogP contribution in [0.25, 0.3) is 0 Å². The molecule has 0 amide bonds. The van der Waals surface area contributed by atoms with Crippen molar-refractivity contribution in [2.45, 2.75) is 12.5 Å². The second-order valence-electron chi connectivity index (χ2n) is 4.12. The van der Waals surface area contributed by atoms with Crippen molar-refractivity contribution in [3.8, 4) is 11.5 Å². The molecule has 0 bridgehead atoms. The molecular weight excluding hydrogens is 242 g/mol. The van der Waals surface area contributed by atoms with Crippen LogP contribution in [-0.2, 0) is 6.42 Å². The Hall–Kier alpha value is -2.07. The minimum atomic E-state index is -0.729. The zero-order valence-electron chi connectivity index (χ0n) is 11.0. The van der Waals surface area contributed by atoms with Gasteiger partial charge in [-0.2, -0.15) is 0 Å². The summed E-state index contributed by atoms with van der Waals surface area (Å²) in [4.78, 5) is 4.19. The molecule has 0 aliphatic heterocycles. The zero-order chi connectivity index (χ0) is 13.7. The molecule has 1 aromatic carbocycles. The van der Waals surface area contributed by atoms with Crippen LogP contribution in [0.1, 0.15) is 17.4 Å². The maximum atomic E-state index is 10.3. The molecule has 2 aromatic rings. The van der Waals surface area contributed by atoms with E-state index in [1.54, 1.807) is 32.5 Å². The number of hydrogen-bond acceptors (Lipinski definition) is 4. The number of benzene rings is 1. The van der Waals surface area contributed by atoms with Gasteiger partial charge < -0.3 is 14.6 Å². The van der Waals surface area contributed by atoms with Crippen LogP contribution in [-0.4, -0.2) is 24.3 Å². The number of rotatable bonds is 5. The van der Waals surface area contributed by atoms with Crippen molar-refractivity contribution >= 4 is 0 Å². The van der Waals surface area contributed by atoms with Crippen molar-refractivity contribution in [3.63, 3.8) is 0 Å². The summed E-state index contributed by atoms with van der Waals surface area (Å²) in [5.41, 5.74) is 1.47. The molecule has 0 aliphatic carbocycles. The summed E-state index contributed by atoms with van der Waals surface area (Å²) in [7, 11) is 3.18. The lowest BCUT2D eigenvalue weighted by molar-refractivity contribution is 0.167. The van der Waals surface area contributed by atoms with Gasteiger partial charge in [-0.15, -0.1) is 0 Å². The van der Waals surface area contributed by atoms with E-state index in [-0.39, 0.29) is 0 Å². The SMILES string of the molecule is COc1ccccc1CC(O)c1ncccc1OC. The minimum Gasteiger partial charge on any atom is -0.496 e. The number of aromatic nitrogens is 1. The number of nitrogens with zero attached hydrogens (tertiary/aromatic N) is 1. The van der Waals surface area contributed by atoms with Crippen molar-refractivity contribution in [2.75, 3.05) is 14.2 Å². The molecular formula is C15H17NO3. The average Bonchev–Trinajstić information content (AvgIpc) is 2.47. The molecule has 1 heterocycles. The normalized spacial score (nSPS) is 11.9. The standard InChI is InChI=1S/C15H17NO3/c1-18-13-7-4-3-6-11(13)10-12(17)15-14(19-2)8-5-9-16-15/h3-9,12,17H,10H2,1-2H3. The predicted octanol–water partition coefficient (Wildman–Crippen LogP) is 2.37. The number of aliphatic hydroxyl groups is 1. The van der Waals surface area contributed by atoms with Gasteiger partial charge in [0.2, 0.25) is 0 Å². The highest BCUT2D eigenvalue weighted by Gasteiger charge is 2.16. The van der Waals surface area contributed by atoms with Crippen LogP contribution in [0.2, 0.25) is 0 Å². The number of methoxy groups -OCH3 is 2. The summed E-state index contributed by atoms with van der Waals surface area (Å²) in [6.45, 7) is 0. The van der Waals surface area contributed by atoms with Crippen LogP contribution >= 0.6 is 0 Å². The van der Waals surface area contributed by atoms with Crippen molar-refractivity contribution < 1.29 is 14.6 Å². The van der Waals surface area contributed by atoms with Gasteiger partial charge in [-0.1, -0.05) is 18.2 Å². The lowest BCUT2D eigenvalue weighted by atomic mass is 10.0. The number of pyridine rings is 1. The molecule has 1 aromatic heterocycles. The fourth-order valence-corrected chi connectivity index (χ4v) is 2.00. The topological polar surface area (TPSA) is 51.6 Å². The first-order valence-electron chi connectivity index (χ1n) is 6.05.